The van der Waals surface area contributed by atoms with Gasteiger partial charge in [-0.2, -0.15) is 5.10 Å². The predicted octanol–water partition coefficient (Wildman–Crippen LogP) is 2.86. The van der Waals surface area contributed by atoms with Crippen LogP contribution < -0.4 is 0 Å². The average Bonchev–Trinajstić information content (AvgIpc) is 3.15. The van der Waals surface area contributed by atoms with Gasteiger partial charge in [0.2, 0.25) is 0 Å². The normalized spacial score (nSPS) is 17.1. The fourth-order valence-corrected chi connectivity index (χ4v) is 4.03. The molecule has 0 aromatic carbocycles. The fraction of sp³-hybridized carbons (Fsp3) is 0.375. The molecule has 0 amide bonds. The van der Waals surface area contributed by atoms with Crippen LogP contribution in [0.3, 0.4) is 0 Å². The number of imidazole rings is 1. The van der Waals surface area contributed by atoms with Crippen LogP contribution in [0.1, 0.15) is 4.88 Å². The van der Waals surface area contributed by atoms with Crippen LogP contribution in [0, 0.1) is 0 Å². The minimum Gasteiger partial charge on any atom is -0.304 e. The first-order valence-electron chi connectivity index (χ1n) is 7.69. The van der Waals surface area contributed by atoms with Gasteiger partial charge in [0.1, 0.15) is 10.8 Å². The van der Waals surface area contributed by atoms with Gasteiger partial charge in [0.15, 0.2) is 5.65 Å². The lowest BCUT2D eigenvalue weighted by atomic mass is 10.3. The second kappa shape index (κ2) is 6.20. The molecule has 1 aliphatic heterocycles. The molecule has 7 heteroatoms. The summed E-state index contributed by atoms with van der Waals surface area (Å²) in [5, 5.41) is 4.83. The fourth-order valence-electron chi connectivity index (χ4n) is 2.85. The Morgan fingerprint density at radius 1 is 1.13 bits per heavy atom. The van der Waals surface area contributed by atoms with Gasteiger partial charge in [-0.25, -0.2) is 9.50 Å². The Hall–Kier alpha value is -1.47. The molecule has 0 spiro atoms. The lowest BCUT2D eigenvalue weighted by molar-refractivity contribution is 0.149. The Bertz CT molecular complexity index is 819. The van der Waals surface area contributed by atoms with Gasteiger partial charge in [0.25, 0.3) is 0 Å². The molecule has 0 atom stereocenters. The van der Waals surface area contributed by atoms with Crippen LogP contribution >= 0.6 is 22.9 Å². The molecule has 1 aliphatic rings. The number of likely N-dealkylation sites (N-methyl/N-ethyl adjacent to an activating group) is 1. The Kier molecular flexibility index (Phi) is 4.07. The van der Waals surface area contributed by atoms with E-state index in [1.165, 1.54) is 9.75 Å². The molecule has 0 radical (unpaired) electrons. The minimum absolute atomic E-state index is 0.478. The summed E-state index contributed by atoms with van der Waals surface area (Å²) in [6, 6.07) is 8.02. The Labute approximate surface area is 144 Å². The molecule has 0 N–H and O–H groups in total. The number of piperazine rings is 1. The molecule has 4 heterocycles. The molecule has 3 aromatic rings. The van der Waals surface area contributed by atoms with Gasteiger partial charge in [-0.1, -0.05) is 11.6 Å². The summed E-state index contributed by atoms with van der Waals surface area (Å²) in [6.07, 6.45) is 1.87. The number of rotatable bonds is 3. The Morgan fingerprint density at radius 3 is 2.78 bits per heavy atom. The van der Waals surface area contributed by atoms with E-state index >= 15 is 0 Å². The van der Waals surface area contributed by atoms with Crippen molar-refractivity contribution in [1.29, 1.82) is 0 Å². The lowest BCUT2D eigenvalue weighted by Crippen LogP contribution is -2.43. The van der Waals surface area contributed by atoms with Crippen molar-refractivity contribution in [3.8, 4) is 10.6 Å². The largest absolute Gasteiger partial charge is 0.304 e. The van der Waals surface area contributed by atoms with Gasteiger partial charge in [0.05, 0.1) is 11.1 Å². The SMILES string of the molecule is CN1CCN(Cc2ccc(-c3cnc4ccc(Cl)nn34)s2)CC1. The quantitative estimate of drug-likeness (QED) is 0.730. The summed E-state index contributed by atoms with van der Waals surface area (Å²) < 4.78 is 1.81. The van der Waals surface area contributed by atoms with Crippen LogP contribution in [-0.2, 0) is 6.54 Å². The molecule has 0 bridgehead atoms. The van der Waals surface area contributed by atoms with Crippen molar-refractivity contribution < 1.29 is 0 Å². The Morgan fingerprint density at radius 2 is 1.96 bits per heavy atom. The summed E-state index contributed by atoms with van der Waals surface area (Å²) >= 11 is 7.82. The zero-order valence-corrected chi connectivity index (χ0v) is 14.5. The highest BCUT2D eigenvalue weighted by atomic mass is 35.5. The lowest BCUT2D eigenvalue weighted by Gasteiger charge is -2.31. The van der Waals surface area contributed by atoms with E-state index in [0.29, 0.717) is 5.15 Å². The third kappa shape index (κ3) is 3.12. The first-order chi connectivity index (χ1) is 11.2. The van der Waals surface area contributed by atoms with E-state index in [-0.39, 0.29) is 0 Å². The van der Waals surface area contributed by atoms with Gasteiger partial charge in [-0.3, -0.25) is 4.90 Å². The maximum Gasteiger partial charge on any atom is 0.154 e. The first kappa shape index (κ1) is 15.1. The van der Waals surface area contributed by atoms with Crippen LogP contribution in [-0.4, -0.2) is 57.6 Å². The number of halogens is 1. The van der Waals surface area contributed by atoms with E-state index < -0.39 is 0 Å². The van der Waals surface area contributed by atoms with Gasteiger partial charge in [-0.05, 0) is 31.3 Å². The van der Waals surface area contributed by atoms with Crippen molar-refractivity contribution in [3.05, 3.63) is 40.5 Å². The first-order valence-corrected chi connectivity index (χ1v) is 8.89. The van der Waals surface area contributed by atoms with Gasteiger partial charge < -0.3 is 4.90 Å². The second-order valence-corrected chi connectivity index (χ2v) is 7.47. The van der Waals surface area contributed by atoms with Crippen molar-refractivity contribution in [3.63, 3.8) is 0 Å². The smallest absolute Gasteiger partial charge is 0.154 e. The van der Waals surface area contributed by atoms with Crippen LogP contribution in [0.25, 0.3) is 16.2 Å². The molecule has 23 heavy (non-hydrogen) atoms. The molecule has 120 valence electrons. The van der Waals surface area contributed by atoms with E-state index in [1.807, 2.05) is 16.8 Å². The molecule has 0 unspecified atom stereocenters. The number of aromatic nitrogens is 3. The number of nitrogens with zero attached hydrogens (tertiary/aromatic N) is 5. The monoisotopic (exact) mass is 347 g/mol. The summed E-state index contributed by atoms with van der Waals surface area (Å²) in [5.41, 5.74) is 1.82. The van der Waals surface area contributed by atoms with E-state index in [0.717, 1.165) is 44.1 Å². The summed E-state index contributed by atoms with van der Waals surface area (Å²) in [6.45, 7) is 5.58. The molecular weight excluding hydrogens is 330 g/mol. The average molecular weight is 348 g/mol. The van der Waals surface area contributed by atoms with Crippen molar-refractivity contribution in [2.75, 3.05) is 33.2 Å². The van der Waals surface area contributed by atoms with Crippen LogP contribution in [0.5, 0.6) is 0 Å². The molecule has 4 rings (SSSR count). The summed E-state index contributed by atoms with van der Waals surface area (Å²) in [5.74, 6) is 0. The Balaban J connectivity index is 1.56. The van der Waals surface area contributed by atoms with Crippen LogP contribution in [0.2, 0.25) is 5.15 Å². The van der Waals surface area contributed by atoms with Gasteiger partial charge >= 0.3 is 0 Å². The summed E-state index contributed by atoms with van der Waals surface area (Å²) in [4.78, 5) is 11.8. The maximum atomic E-state index is 6.01. The molecule has 1 saturated heterocycles. The molecular formula is C16H18ClN5S. The van der Waals surface area contributed by atoms with Gasteiger partial charge in [-0.15, -0.1) is 11.3 Å². The molecule has 0 saturated carbocycles. The summed E-state index contributed by atoms with van der Waals surface area (Å²) in [7, 11) is 2.18. The zero-order valence-electron chi connectivity index (χ0n) is 12.9. The van der Waals surface area contributed by atoms with Crippen LogP contribution in [0.15, 0.2) is 30.5 Å². The highest BCUT2D eigenvalue weighted by Crippen LogP contribution is 2.29. The minimum atomic E-state index is 0.478. The van der Waals surface area contributed by atoms with E-state index in [2.05, 4.69) is 39.1 Å². The zero-order chi connectivity index (χ0) is 15.8. The predicted molar refractivity (Wildman–Crippen MR) is 94.1 cm³/mol. The van der Waals surface area contributed by atoms with Crippen molar-refractivity contribution >= 4 is 28.6 Å². The van der Waals surface area contributed by atoms with E-state index in [4.69, 9.17) is 11.6 Å². The third-order valence-corrected chi connectivity index (χ3v) is 5.51. The number of hydrogen-bond donors (Lipinski definition) is 0. The third-order valence-electron chi connectivity index (χ3n) is 4.22. The van der Waals surface area contributed by atoms with Crippen molar-refractivity contribution in [2.45, 2.75) is 6.54 Å². The maximum absolute atomic E-state index is 6.01. The van der Waals surface area contributed by atoms with Crippen molar-refractivity contribution in [2.24, 2.45) is 0 Å². The van der Waals surface area contributed by atoms with E-state index in [9.17, 15) is 0 Å². The second-order valence-electron chi connectivity index (χ2n) is 5.91. The molecule has 5 nitrogen and oxygen atoms in total. The number of thiophene rings is 1. The van der Waals surface area contributed by atoms with Crippen molar-refractivity contribution in [1.82, 2.24) is 24.4 Å². The standard InChI is InChI=1S/C16H18ClN5S/c1-20-6-8-21(9-7-20)11-12-2-3-14(23-12)13-10-18-16-5-4-15(17)19-22(13)16/h2-5,10H,6-9,11H2,1H3. The number of hydrogen-bond acceptors (Lipinski definition) is 5. The molecule has 3 aromatic heterocycles. The highest BCUT2D eigenvalue weighted by molar-refractivity contribution is 7.15. The van der Waals surface area contributed by atoms with Crippen LogP contribution in [0.4, 0.5) is 0 Å². The highest BCUT2D eigenvalue weighted by Gasteiger charge is 2.16. The van der Waals surface area contributed by atoms with Gasteiger partial charge in [0, 0.05) is 37.6 Å². The molecule has 1 fully saturated rings. The topological polar surface area (TPSA) is 36.7 Å². The number of fused-ring (bicyclic) bond motifs is 1. The van der Waals surface area contributed by atoms with E-state index in [1.54, 1.807) is 17.4 Å². The molecule has 0 aliphatic carbocycles.